The van der Waals surface area contributed by atoms with Crippen LogP contribution in [0.25, 0.3) is 0 Å². The lowest BCUT2D eigenvalue weighted by atomic mass is 9.96. The first-order valence-electron chi connectivity index (χ1n) is 6.89. The van der Waals surface area contributed by atoms with Crippen LogP contribution in [-0.2, 0) is 10.8 Å². The molecule has 3 heteroatoms. The van der Waals surface area contributed by atoms with E-state index in [4.69, 9.17) is 0 Å². The van der Waals surface area contributed by atoms with E-state index in [1.165, 1.54) is 11.1 Å². The second kappa shape index (κ2) is 5.98. The molecule has 2 atom stereocenters. The van der Waals surface area contributed by atoms with E-state index in [0.717, 1.165) is 30.0 Å². The molecule has 1 heterocycles. The van der Waals surface area contributed by atoms with Crippen LogP contribution in [0.3, 0.4) is 0 Å². The van der Waals surface area contributed by atoms with Gasteiger partial charge in [0.05, 0.1) is 10.8 Å². The molecule has 0 fully saturated rings. The molecule has 0 saturated carbocycles. The van der Waals surface area contributed by atoms with Crippen molar-refractivity contribution in [3.63, 3.8) is 0 Å². The maximum atomic E-state index is 12.1. The van der Waals surface area contributed by atoms with Crippen LogP contribution < -0.4 is 5.32 Å². The van der Waals surface area contributed by atoms with Gasteiger partial charge in [0.2, 0.25) is 0 Å². The zero-order chi connectivity index (χ0) is 13.1. The molecule has 0 aromatic heterocycles. The standard InChI is InChI=1S/C15H23NOS/c1-4-8-16-14-7-9-18(17)15-6-5-12(11(2)3)10-13(14)15/h5-6,10-11,14,16H,4,7-9H2,1-3H3. The molecular formula is C15H23NOS. The fourth-order valence-corrected chi connectivity index (χ4v) is 3.78. The van der Waals surface area contributed by atoms with Gasteiger partial charge in [-0.3, -0.25) is 4.21 Å². The van der Waals surface area contributed by atoms with Gasteiger partial charge in [-0.25, -0.2) is 0 Å². The molecule has 0 amide bonds. The smallest absolute Gasteiger partial charge is 0.0533 e. The Morgan fingerprint density at radius 1 is 1.44 bits per heavy atom. The summed E-state index contributed by atoms with van der Waals surface area (Å²) in [4.78, 5) is 1.04. The molecule has 0 bridgehead atoms. The first kappa shape index (κ1) is 13.8. The largest absolute Gasteiger partial charge is 0.310 e. The van der Waals surface area contributed by atoms with Crippen molar-refractivity contribution in [2.45, 2.75) is 50.5 Å². The van der Waals surface area contributed by atoms with E-state index >= 15 is 0 Å². The van der Waals surface area contributed by atoms with Crippen molar-refractivity contribution >= 4 is 10.8 Å². The molecule has 1 aliphatic rings. The van der Waals surface area contributed by atoms with Crippen molar-refractivity contribution in [3.05, 3.63) is 29.3 Å². The van der Waals surface area contributed by atoms with Crippen molar-refractivity contribution < 1.29 is 4.21 Å². The van der Waals surface area contributed by atoms with Gasteiger partial charge >= 0.3 is 0 Å². The summed E-state index contributed by atoms with van der Waals surface area (Å²) in [6, 6.07) is 6.84. The highest BCUT2D eigenvalue weighted by molar-refractivity contribution is 7.85. The maximum Gasteiger partial charge on any atom is 0.0533 e. The quantitative estimate of drug-likeness (QED) is 0.904. The van der Waals surface area contributed by atoms with E-state index in [2.05, 4.69) is 44.3 Å². The summed E-state index contributed by atoms with van der Waals surface area (Å²) in [6.07, 6.45) is 2.12. The fourth-order valence-electron chi connectivity index (χ4n) is 2.43. The summed E-state index contributed by atoms with van der Waals surface area (Å²) in [5.41, 5.74) is 2.61. The number of rotatable bonds is 4. The van der Waals surface area contributed by atoms with Gasteiger partial charge in [0.15, 0.2) is 0 Å². The Morgan fingerprint density at radius 2 is 2.22 bits per heavy atom. The Balaban J connectivity index is 2.34. The highest BCUT2D eigenvalue weighted by Gasteiger charge is 2.24. The van der Waals surface area contributed by atoms with E-state index in [0.29, 0.717) is 12.0 Å². The Labute approximate surface area is 113 Å². The molecule has 0 aliphatic carbocycles. The summed E-state index contributed by atoms with van der Waals surface area (Å²) in [7, 11) is -0.803. The predicted octanol–water partition coefficient (Wildman–Crippen LogP) is 3.36. The van der Waals surface area contributed by atoms with Crippen LogP contribution in [0.5, 0.6) is 0 Å². The third kappa shape index (κ3) is 2.83. The summed E-state index contributed by atoms with van der Waals surface area (Å²) in [5.74, 6) is 1.31. The second-order valence-electron chi connectivity index (χ2n) is 5.30. The monoisotopic (exact) mass is 265 g/mol. The molecule has 1 aromatic carbocycles. The number of fused-ring (bicyclic) bond motifs is 1. The lowest BCUT2D eigenvalue weighted by Gasteiger charge is -2.27. The average molecular weight is 265 g/mol. The van der Waals surface area contributed by atoms with E-state index in [9.17, 15) is 4.21 Å². The highest BCUT2D eigenvalue weighted by Crippen LogP contribution is 2.32. The van der Waals surface area contributed by atoms with Crippen LogP contribution in [0.1, 0.15) is 56.7 Å². The van der Waals surface area contributed by atoms with Crippen LogP contribution >= 0.6 is 0 Å². The minimum Gasteiger partial charge on any atom is -0.310 e. The Morgan fingerprint density at radius 3 is 2.89 bits per heavy atom. The molecule has 2 rings (SSSR count). The maximum absolute atomic E-state index is 12.1. The Hall–Kier alpha value is -0.670. The summed E-state index contributed by atoms with van der Waals surface area (Å²) < 4.78 is 12.1. The molecule has 1 aromatic rings. The lowest BCUT2D eigenvalue weighted by molar-refractivity contribution is 0.503. The zero-order valence-corrected chi connectivity index (χ0v) is 12.3. The SMILES string of the molecule is CCCNC1CCS(=O)c2ccc(C(C)C)cc21. The van der Waals surface area contributed by atoms with Crippen LogP contribution in [-0.4, -0.2) is 16.5 Å². The average Bonchev–Trinajstić information content (AvgIpc) is 2.37. The van der Waals surface area contributed by atoms with Crippen molar-refractivity contribution in [3.8, 4) is 0 Å². The summed E-state index contributed by atoms with van der Waals surface area (Å²) >= 11 is 0. The van der Waals surface area contributed by atoms with Crippen LogP contribution in [0.2, 0.25) is 0 Å². The molecule has 1 N–H and O–H groups in total. The number of benzene rings is 1. The van der Waals surface area contributed by atoms with Gasteiger partial charge in [-0.1, -0.05) is 32.9 Å². The molecule has 1 aliphatic heterocycles. The van der Waals surface area contributed by atoms with E-state index in [1.807, 2.05) is 0 Å². The first-order valence-corrected chi connectivity index (χ1v) is 8.21. The van der Waals surface area contributed by atoms with Gasteiger partial charge in [-0.2, -0.15) is 0 Å². The molecule has 100 valence electrons. The van der Waals surface area contributed by atoms with Gasteiger partial charge in [-0.05, 0) is 42.5 Å². The summed E-state index contributed by atoms with van der Waals surface area (Å²) in [5, 5.41) is 3.58. The van der Waals surface area contributed by atoms with Gasteiger partial charge in [-0.15, -0.1) is 0 Å². The number of hydrogen-bond acceptors (Lipinski definition) is 2. The first-order chi connectivity index (χ1) is 8.63. The Kier molecular flexibility index (Phi) is 4.57. The topological polar surface area (TPSA) is 29.1 Å². The van der Waals surface area contributed by atoms with Crippen LogP contribution in [0, 0.1) is 0 Å². The van der Waals surface area contributed by atoms with E-state index < -0.39 is 10.8 Å². The van der Waals surface area contributed by atoms with Crippen molar-refractivity contribution in [2.75, 3.05) is 12.3 Å². The van der Waals surface area contributed by atoms with Crippen molar-refractivity contribution in [1.82, 2.24) is 5.32 Å². The molecule has 18 heavy (non-hydrogen) atoms. The molecular weight excluding hydrogens is 242 g/mol. The molecule has 0 saturated heterocycles. The third-order valence-electron chi connectivity index (χ3n) is 3.55. The third-order valence-corrected chi connectivity index (χ3v) is 5.02. The highest BCUT2D eigenvalue weighted by atomic mass is 32.2. The number of nitrogens with one attached hydrogen (secondary N) is 1. The molecule has 0 spiro atoms. The van der Waals surface area contributed by atoms with E-state index in [1.54, 1.807) is 0 Å². The molecule has 0 radical (unpaired) electrons. The molecule has 2 unspecified atom stereocenters. The zero-order valence-electron chi connectivity index (χ0n) is 11.5. The molecule has 2 nitrogen and oxygen atoms in total. The minimum absolute atomic E-state index is 0.386. The minimum atomic E-state index is -0.803. The predicted molar refractivity (Wildman–Crippen MR) is 77.5 cm³/mol. The summed E-state index contributed by atoms with van der Waals surface area (Å²) in [6.45, 7) is 7.62. The lowest BCUT2D eigenvalue weighted by Crippen LogP contribution is -2.28. The number of hydrogen-bond donors (Lipinski definition) is 1. The van der Waals surface area contributed by atoms with Gasteiger partial charge < -0.3 is 5.32 Å². The van der Waals surface area contributed by atoms with Crippen molar-refractivity contribution in [1.29, 1.82) is 0 Å². The normalized spacial score (nSPS) is 23.1. The van der Waals surface area contributed by atoms with Crippen LogP contribution in [0.15, 0.2) is 23.1 Å². The second-order valence-corrected chi connectivity index (χ2v) is 6.84. The van der Waals surface area contributed by atoms with Gasteiger partial charge in [0.25, 0.3) is 0 Å². The van der Waals surface area contributed by atoms with E-state index in [-0.39, 0.29) is 0 Å². The van der Waals surface area contributed by atoms with Gasteiger partial charge in [0, 0.05) is 16.7 Å². The Bertz CT molecular complexity index is 442. The fraction of sp³-hybridized carbons (Fsp3) is 0.600. The van der Waals surface area contributed by atoms with Crippen molar-refractivity contribution in [2.24, 2.45) is 0 Å². The van der Waals surface area contributed by atoms with Gasteiger partial charge in [0.1, 0.15) is 0 Å². The van der Waals surface area contributed by atoms with Crippen LogP contribution in [0.4, 0.5) is 0 Å².